The first kappa shape index (κ1) is 11.5. The minimum absolute atomic E-state index is 0.389. The van der Waals surface area contributed by atoms with Crippen molar-refractivity contribution in [2.75, 3.05) is 11.9 Å². The summed E-state index contributed by atoms with van der Waals surface area (Å²) < 4.78 is 0. The quantitative estimate of drug-likeness (QED) is 0.844. The molecule has 1 aliphatic rings. The molecule has 2 nitrogen and oxygen atoms in total. The van der Waals surface area contributed by atoms with Crippen molar-refractivity contribution in [3.8, 4) is 0 Å². The van der Waals surface area contributed by atoms with Crippen LogP contribution in [0.15, 0.2) is 24.3 Å². The SMILES string of the molecule is C[C@@H](O)c1ccccc1N(C)C1CCCC1. The Balaban J connectivity index is 2.24. The maximum Gasteiger partial charge on any atom is 0.0781 e. The molecule has 1 aromatic carbocycles. The summed E-state index contributed by atoms with van der Waals surface area (Å²) >= 11 is 0. The monoisotopic (exact) mass is 219 g/mol. The van der Waals surface area contributed by atoms with E-state index in [1.54, 1.807) is 0 Å². The number of hydrogen-bond donors (Lipinski definition) is 1. The molecule has 0 saturated heterocycles. The summed E-state index contributed by atoms with van der Waals surface area (Å²) in [5.74, 6) is 0. The first-order chi connectivity index (χ1) is 7.70. The van der Waals surface area contributed by atoms with E-state index in [1.807, 2.05) is 25.1 Å². The topological polar surface area (TPSA) is 23.5 Å². The fourth-order valence-corrected chi connectivity index (χ4v) is 2.65. The summed E-state index contributed by atoms with van der Waals surface area (Å²) in [6.07, 6.45) is 4.85. The lowest BCUT2D eigenvalue weighted by Crippen LogP contribution is -2.29. The number of anilines is 1. The number of aliphatic hydroxyl groups is 1. The molecule has 2 rings (SSSR count). The van der Waals surface area contributed by atoms with Crippen molar-refractivity contribution in [2.45, 2.75) is 44.8 Å². The molecule has 0 aliphatic heterocycles. The predicted molar refractivity (Wildman–Crippen MR) is 67.7 cm³/mol. The molecule has 1 aromatic rings. The van der Waals surface area contributed by atoms with Crippen LogP contribution in [0.2, 0.25) is 0 Å². The Kier molecular flexibility index (Phi) is 3.49. The Morgan fingerprint density at radius 2 is 1.88 bits per heavy atom. The smallest absolute Gasteiger partial charge is 0.0781 e. The molecule has 16 heavy (non-hydrogen) atoms. The van der Waals surface area contributed by atoms with E-state index in [0.29, 0.717) is 6.04 Å². The van der Waals surface area contributed by atoms with Gasteiger partial charge in [0.05, 0.1) is 6.10 Å². The highest BCUT2D eigenvalue weighted by atomic mass is 16.3. The van der Waals surface area contributed by atoms with Gasteiger partial charge in [-0.2, -0.15) is 0 Å². The molecule has 0 heterocycles. The predicted octanol–water partition coefficient (Wildman–Crippen LogP) is 3.12. The second-order valence-corrected chi connectivity index (χ2v) is 4.78. The zero-order valence-electron chi connectivity index (χ0n) is 10.2. The molecular weight excluding hydrogens is 198 g/mol. The van der Waals surface area contributed by atoms with E-state index in [9.17, 15) is 5.11 Å². The van der Waals surface area contributed by atoms with Gasteiger partial charge in [-0.15, -0.1) is 0 Å². The van der Waals surface area contributed by atoms with Crippen LogP contribution in [0.1, 0.15) is 44.3 Å². The van der Waals surface area contributed by atoms with Gasteiger partial charge in [-0.05, 0) is 25.8 Å². The van der Waals surface area contributed by atoms with Gasteiger partial charge in [0.25, 0.3) is 0 Å². The van der Waals surface area contributed by atoms with Gasteiger partial charge in [0.15, 0.2) is 0 Å². The van der Waals surface area contributed by atoms with Crippen molar-refractivity contribution in [1.29, 1.82) is 0 Å². The normalized spacial score (nSPS) is 18.7. The number of rotatable bonds is 3. The molecule has 0 radical (unpaired) electrons. The van der Waals surface area contributed by atoms with Crippen molar-refractivity contribution in [2.24, 2.45) is 0 Å². The summed E-state index contributed by atoms with van der Waals surface area (Å²) in [4.78, 5) is 2.34. The first-order valence-electron chi connectivity index (χ1n) is 6.20. The highest BCUT2D eigenvalue weighted by Crippen LogP contribution is 2.31. The minimum Gasteiger partial charge on any atom is -0.389 e. The van der Waals surface area contributed by atoms with Gasteiger partial charge in [-0.3, -0.25) is 0 Å². The van der Waals surface area contributed by atoms with Gasteiger partial charge in [0.2, 0.25) is 0 Å². The highest BCUT2D eigenvalue weighted by Gasteiger charge is 2.22. The minimum atomic E-state index is -0.389. The lowest BCUT2D eigenvalue weighted by atomic mass is 10.1. The van der Waals surface area contributed by atoms with E-state index in [1.165, 1.54) is 31.4 Å². The van der Waals surface area contributed by atoms with E-state index in [2.05, 4.69) is 18.0 Å². The highest BCUT2D eigenvalue weighted by molar-refractivity contribution is 5.54. The van der Waals surface area contributed by atoms with Gasteiger partial charge >= 0.3 is 0 Å². The Morgan fingerprint density at radius 1 is 1.25 bits per heavy atom. The molecule has 1 N–H and O–H groups in total. The van der Waals surface area contributed by atoms with Crippen LogP contribution < -0.4 is 4.90 Å². The molecule has 1 saturated carbocycles. The van der Waals surface area contributed by atoms with Crippen molar-refractivity contribution in [3.63, 3.8) is 0 Å². The third kappa shape index (κ3) is 2.22. The van der Waals surface area contributed by atoms with Gasteiger partial charge in [-0.25, -0.2) is 0 Å². The Hall–Kier alpha value is -1.02. The maximum absolute atomic E-state index is 9.77. The van der Waals surface area contributed by atoms with Crippen molar-refractivity contribution in [1.82, 2.24) is 0 Å². The van der Waals surface area contributed by atoms with Crippen LogP contribution in [0.25, 0.3) is 0 Å². The number of nitrogens with zero attached hydrogens (tertiary/aromatic N) is 1. The molecule has 0 spiro atoms. The van der Waals surface area contributed by atoms with Gasteiger partial charge < -0.3 is 10.0 Å². The van der Waals surface area contributed by atoms with Crippen molar-refractivity contribution >= 4 is 5.69 Å². The van der Waals surface area contributed by atoms with E-state index in [-0.39, 0.29) is 6.10 Å². The Labute approximate surface area is 97.9 Å². The average molecular weight is 219 g/mol. The zero-order chi connectivity index (χ0) is 11.5. The lowest BCUT2D eigenvalue weighted by Gasteiger charge is -2.29. The molecule has 1 atom stereocenters. The molecule has 0 bridgehead atoms. The second kappa shape index (κ2) is 4.88. The van der Waals surface area contributed by atoms with E-state index in [4.69, 9.17) is 0 Å². The molecule has 1 fully saturated rings. The van der Waals surface area contributed by atoms with Crippen molar-refractivity contribution < 1.29 is 5.11 Å². The lowest BCUT2D eigenvalue weighted by molar-refractivity contribution is 0.199. The summed E-state index contributed by atoms with van der Waals surface area (Å²) in [6, 6.07) is 8.83. The van der Waals surface area contributed by atoms with Gasteiger partial charge in [0.1, 0.15) is 0 Å². The third-order valence-corrected chi connectivity index (χ3v) is 3.64. The van der Waals surface area contributed by atoms with Crippen LogP contribution in [0.4, 0.5) is 5.69 Å². The van der Waals surface area contributed by atoms with Crippen LogP contribution in [-0.2, 0) is 0 Å². The molecular formula is C14H21NO. The van der Waals surface area contributed by atoms with Crippen LogP contribution in [0, 0.1) is 0 Å². The average Bonchev–Trinajstić information content (AvgIpc) is 2.81. The number of hydrogen-bond acceptors (Lipinski definition) is 2. The maximum atomic E-state index is 9.77. The largest absolute Gasteiger partial charge is 0.389 e. The summed E-state index contributed by atoms with van der Waals surface area (Å²) in [5, 5.41) is 9.77. The summed E-state index contributed by atoms with van der Waals surface area (Å²) in [6.45, 7) is 1.83. The zero-order valence-corrected chi connectivity index (χ0v) is 10.2. The number of benzene rings is 1. The number of para-hydroxylation sites is 1. The van der Waals surface area contributed by atoms with Crippen LogP contribution >= 0.6 is 0 Å². The first-order valence-corrected chi connectivity index (χ1v) is 6.20. The number of aliphatic hydroxyl groups excluding tert-OH is 1. The van der Waals surface area contributed by atoms with E-state index >= 15 is 0 Å². The molecule has 0 unspecified atom stereocenters. The van der Waals surface area contributed by atoms with Crippen molar-refractivity contribution in [3.05, 3.63) is 29.8 Å². The summed E-state index contributed by atoms with van der Waals surface area (Å²) in [5.41, 5.74) is 2.22. The van der Waals surface area contributed by atoms with Gasteiger partial charge in [0, 0.05) is 24.3 Å². The Bertz CT molecular complexity index is 342. The van der Waals surface area contributed by atoms with Crippen LogP contribution in [-0.4, -0.2) is 18.2 Å². The van der Waals surface area contributed by atoms with Gasteiger partial charge in [-0.1, -0.05) is 31.0 Å². The third-order valence-electron chi connectivity index (χ3n) is 3.64. The standard InChI is InChI=1S/C14H21NO/c1-11(16)13-9-5-6-10-14(13)15(2)12-7-3-4-8-12/h5-6,9-12,16H,3-4,7-8H2,1-2H3/t11-/m1/s1. The molecule has 2 heteroatoms. The fourth-order valence-electron chi connectivity index (χ4n) is 2.65. The van der Waals surface area contributed by atoms with Crippen LogP contribution in [0.5, 0.6) is 0 Å². The molecule has 0 aromatic heterocycles. The Morgan fingerprint density at radius 3 is 2.50 bits per heavy atom. The second-order valence-electron chi connectivity index (χ2n) is 4.78. The van der Waals surface area contributed by atoms with E-state index in [0.717, 1.165) is 5.56 Å². The fraction of sp³-hybridized carbons (Fsp3) is 0.571. The summed E-state index contributed by atoms with van der Waals surface area (Å²) in [7, 11) is 2.15. The van der Waals surface area contributed by atoms with E-state index < -0.39 is 0 Å². The molecule has 88 valence electrons. The molecule has 1 aliphatic carbocycles. The molecule has 0 amide bonds. The van der Waals surface area contributed by atoms with Crippen LogP contribution in [0.3, 0.4) is 0 Å².